The monoisotopic (exact) mass is 274 g/mol. The van der Waals surface area contributed by atoms with Crippen LogP contribution in [0.2, 0.25) is 0 Å². The Morgan fingerprint density at radius 2 is 2.06 bits per heavy atom. The molecule has 0 aliphatic carbocycles. The summed E-state index contributed by atoms with van der Waals surface area (Å²) in [6.45, 7) is 2.10. The maximum Gasteiger partial charge on any atom is 0.142 e. The largest absolute Gasteiger partial charge is 0.245 e. The maximum absolute atomic E-state index is 5.78. The van der Waals surface area contributed by atoms with Crippen molar-refractivity contribution in [2.45, 2.75) is 12.8 Å². The molecule has 0 fully saturated rings. The summed E-state index contributed by atoms with van der Waals surface area (Å²) in [6.07, 6.45) is 0. The molecular weight excluding hydrogens is 264 g/mol. The van der Waals surface area contributed by atoms with E-state index < -0.39 is 0 Å². The van der Waals surface area contributed by atoms with E-state index in [4.69, 9.17) is 11.6 Å². The fraction of sp³-hybridized carbons (Fsp3) is 0.143. The van der Waals surface area contributed by atoms with Crippen LogP contribution in [0.4, 0.5) is 0 Å². The lowest BCUT2D eigenvalue weighted by molar-refractivity contribution is 1.21. The van der Waals surface area contributed by atoms with Crippen LogP contribution in [0.1, 0.15) is 11.3 Å². The maximum atomic E-state index is 5.78. The van der Waals surface area contributed by atoms with Crippen molar-refractivity contribution < 1.29 is 0 Å². The third-order valence-electron chi connectivity index (χ3n) is 2.83. The Kier molecular flexibility index (Phi) is 3.02. The summed E-state index contributed by atoms with van der Waals surface area (Å²) in [6, 6.07) is 10.2. The van der Waals surface area contributed by atoms with Crippen LogP contribution >= 0.6 is 22.9 Å². The van der Waals surface area contributed by atoms with Gasteiger partial charge in [-0.3, -0.25) is 0 Å². The molecule has 90 valence electrons. The second-order valence-electron chi connectivity index (χ2n) is 4.12. The third-order valence-corrected chi connectivity index (χ3v) is 4.02. The summed E-state index contributed by atoms with van der Waals surface area (Å²) in [5.74, 6) is 0.447. The number of hydrogen-bond donors (Lipinski definition) is 0. The number of benzene rings is 1. The van der Waals surface area contributed by atoms with E-state index in [2.05, 4.69) is 29.0 Å². The van der Waals surface area contributed by atoms with Crippen LogP contribution in [0.25, 0.3) is 21.6 Å². The molecule has 2 nitrogen and oxygen atoms in total. The molecule has 0 atom stereocenters. The van der Waals surface area contributed by atoms with Crippen LogP contribution in [-0.4, -0.2) is 9.97 Å². The first-order valence-corrected chi connectivity index (χ1v) is 7.06. The summed E-state index contributed by atoms with van der Waals surface area (Å²) in [5, 5.41) is 4.10. The van der Waals surface area contributed by atoms with Gasteiger partial charge < -0.3 is 0 Å². The molecule has 0 saturated heterocycles. The predicted octanol–water partition coefficient (Wildman–Crippen LogP) is 4.41. The van der Waals surface area contributed by atoms with E-state index >= 15 is 0 Å². The highest BCUT2D eigenvalue weighted by atomic mass is 35.5. The predicted molar refractivity (Wildman–Crippen MR) is 77.1 cm³/mol. The molecule has 2 aromatic heterocycles. The minimum Gasteiger partial charge on any atom is -0.245 e. The van der Waals surface area contributed by atoms with Crippen molar-refractivity contribution in [1.29, 1.82) is 0 Å². The van der Waals surface area contributed by atoms with Crippen LogP contribution < -0.4 is 0 Å². The smallest absolute Gasteiger partial charge is 0.142 e. The minimum atomic E-state index is 0.447. The first kappa shape index (κ1) is 11.6. The number of fused-ring (bicyclic) bond motifs is 1. The van der Waals surface area contributed by atoms with Crippen LogP contribution in [0, 0.1) is 6.92 Å². The van der Waals surface area contributed by atoms with Crippen molar-refractivity contribution in [3.05, 3.63) is 47.0 Å². The highest BCUT2D eigenvalue weighted by molar-refractivity contribution is 7.13. The second-order valence-corrected chi connectivity index (χ2v) is 5.24. The Labute approximate surface area is 114 Å². The van der Waals surface area contributed by atoms with Gasteiger partial charge in [-0.15, -0.1) is 22.9 Å². The molecule has 18 heavy (non-hydrogen) atoms. The van der Waals surface area contributed by atoms with Crippen LogP contribution in [-0.2, 0) is 5.88 Å². The number of aryl methyl sites for hydroxylation is 1. The second kappa shape index (κ2) is 4.67. The molecule has 1 aromatic carbocycles. The normalized spacial score (nSPS) is 11.0. The summed E-state index contributed by atoms with van der Waals surface area (Å²) >= 11 is 7.36. The molecular formula is C14H11ClN2S. The van der Waals surface area contributed by atoms with Gasteiger partial charge in [-0.25, -0.2) is 9.97 Å². The number of para-hydroxylation sites is 1. The Hall–Kier alpha value is -1.45. The molecule has 0 unspecified atom stereocenters. The van der Waals surface area contributed by atoms with Crippen LogP contribution in [0.15, 0.2) is 35.7 Å². The highest BCUT2D eigenvalue weighted by Crippen LogP contribution is 2.27. The average molecular weight is 275 g/mol. The van der Waals surface area contributed by atoms with Crippen LogP contribution in [0.3, 0.4) is 0 Å². The highest BCUT2D eigenvalue weighted by Gasteiger charge is 2.08. The van der Waals surface area contributed by atoms with Crippen LogP contribution in [0.5, 0.6) is 0 Å². The SMILES string of the molecule is Cc1cc(-c2nc(CCl)cs2)nc2ccccc12. The molecule has 3 rings (SSSR count). The van der Waals surface area contributed by atoms with E-state index in [-0.39, 0.29) is 0 Å². The molecule has 0 amide bonds. The standard InChI is InChI=1S/C14H11ClN2S/c1-9-6-13(14-16-10(7-15)8-18-14)17-12-5-3-2-4-11(9)12/h2-6,8H,7H2,1H3. The van der Waals surface area contributed by atoms with Gasteiger partial charge in [-0.1, -0.05) is 18.2 Å². The Bertz CT molecular complexity index is 706. The summed E-state index contributed by atoms with van der Waals surface area (Å²) in [7, 11) is 0. The Balaban J connectivity index is 2.18. The van der Waals surface area contributed by atoms with E-state index in [0.29, 0.717) is 5.88 Å². The third kappa shape index (κ3) is 2.00. The summed E-state index contributed by atoms with van der Waals surface area (Å²) < 4.78 is 0. The van der Waals surface area contributed by atoms with Gasteiger partial charge in [0, 0.05) is 10.8 Å². The lowest BCUT2D eigenvalue weighted by Gasteiger charge is -2.04. The van der Waals surface area contributed by atoms with E-state index in [0.717, 1.165) is 21.9 Å². The van der Waals surface area contributed by atoms with E-state index in [9.17, 15) is 0 Å². The number of hydrogen-bond acceptors (Lipinski definition) is 3. The molecule has 3 aromatic rings. The number of aromatic nitrogens is 2. The zero-order valence-corrected chi connectivity index (χ0v) is 11.4. The molecule has 0 saturated carbocycles. The molecule has 4 heteroatoms. The number of halogens is 1. The molecule has 0 aliphatic heterocycles. The van der Waals surface area contributed by atoms with E-state index in [1.165, 1.54) is 10.9 Å². The van der Waals surface area contributed by atoms with Crippen molar-refractivity contribution >= 4 is 33.8 Å². The van der Waals surface area contributed by atoms with Crippen molar-refractivity contribution in [3.63, 3.8) is 0 Å². The number of pyridine rings is 1. The van der Waals surface area contributed by atoms with Gasteiger partial charge in [0.25, 0.3) is 0 Å². The molecule has 0 spiro atoms. The van der Waals surface area contributed by atoms with Gasteiger partial charge in [0.1, 0.15) is 5.01 Å². The van der Waals surface area contributed by atoms with Gasteiger partial charge >= 0.3 is 0 Å². The van der Waals surface area contributed by atoms with Gasteiger partial charge in [0.2, 0.25) is 0 Å². The zero-order valence-electron chi connectivity index (χ0n) is 9.85. The van der Waals surface area contributed by atoms with Crippen molar-refractivity contribution in [2.75, 3.05) is 0 Å². The van der Waals surface area contributed by atoms with Crippen molar-refractivity contribution in [2.24, 2.45) is 0 Å². The molecule has 0 N–H and O–H groups in total. The summed E-state index contributed by atoms with van der Waals surface area (Å²) in [5.41, 5.74) is 4.06. The zero-order chi connectivity index (χ0) is 12.5. The van der Waals surface area contributed by atoms with Gasteiger partial charge in [0.05, 0.1) is 22.8 Å². The number of nitrogens with zero attached hydrogens (tertiary/aromatic N) is 2. The van der Waals surface area contributed by atoms with Gasteiger partial charge in [0.15, 0.2) is 0 Å². The summed E-state index contributed by atoms with van der Waals surface area (Å²) in [4.78, 5) is 9.13. The average Bonchev–Trinajstić information content (AvgIpc) is 2.87. The molecule has 2 heterocycles. The van der Waals surface area contributed by atoms with Crippen molar-refractivity contribution in [1.82, 2.24) is 9.97 Å². The topological polar surface area (TPSA) is 25.8 Å². The van der Waals surface area contributed by atoms with Crippen molar-refractivity contribution in [3.8, 4) is 10.7 Å². The van der Waals surface area contributed by atoms with E-state index in [1.807, 2.05) is 23.6 Å². The molecule has 0 radical (unpaired) electrons. The molecule has 0 aliphatic rings. The number of alkyl halides is 1. The van der Waals surface area contributed by atoms with Gasteiger partial charge in [-0.2, -0.15) is 0 Å². The number of thiazole rings is 1. The Morgan fingerprint density at radius 3 is 2.83 bits per heavy atom. The molecule has 0 bridgehead atoms. The lowest BCUT2D eigenvalue weighted by atomic mass is 10.1. The first-order chi connectivity index (χ1) is 8.78. The Morgan fingerprint density at radius 1 is 1.22 bits per heavy atom. The lowest BCUT2D eigenvalue weighted by Crippen LogP contribution is -1.88. The fourth-order valence-corrected chi connectivity index (χ4v) is 2.95. The van der Waals surface area contributed by atoms with Gasteiger partial charge in [-0.05, 0) is 24.6 Å². The number of rotatable bonds is 2. The fourth-order valence-electron chi connectivity index (χ4n) is 1.95. The minimum absolute atomic E-state index is 0.447. The van der Waals surface area contributed by atoms with E-state index in [1.54, 1.807) is 11.3 Å². The first-order valence-electron chi connectivity index (χ1n) is 5.65. The quantitative estimate of drug-likeness (QED) is 0.647.